The van der Waals surface area contributed by atoms with Gasteiger partial charge in [-0.2, -0.15) is 0 Å². The normalized spacial score (nSPS) is 14.8. The van der Waals surface area contributed by atoms with Crippen LogP contribution in [0.25, 0.3) is 6.08 Å². The standard InChI is InChI=1S/C23H29N5O4S/c1-33(30,31)28(13-3-5-16-4-2-6-17(14-16)22(24)25)18-7-8-21(20(15-18)23(26)29)32-19-9-11-27-12-10-19/h2-8,14-15,19,27H,9-13H2,1H3,(H3,24,25)(H2,26,29)/b5-3+. The summed E-state index contributed by atoms with van der Waals surface area (Å²) in [5, 5.41) is 10.8. The van der Waals surface area contributed by atoms with Crippen molar-refractivity contribution in [3.8, 4) is 5.75 Å². The monoisotopic (exact) mass is 471 g/mol. The Kier molecular flexibility index (Phi) is 7.72. The molecular formula is C23H29N5O4S. The molecule has 3 rings (SSSR count). The van der Waals surface area contributed by atoms with Crippen LogP contribution in [0.1, 0.15) is 34.3 Å². The highest BCUT2D eigenvalue weighted by atomic mass is 32.2. The van der Waals surface area contributed by atoms with Crippen LogP contribution >= 0.6 is 0 Å². The molecule has 1 aliphatic rings. The number of anilines is 1. The van der Waals surface area contributed by atoms with Crippen LogP contribution in [0.2, 0.25) is 0 Å². The van der Waals surface area contributed by atoms with E-state index in [9.17, 15) is 13.2 Å². The predicted octanol–water partition coefficient (Wildman–Crippen LogP) is 1.68. The van der Waals surface area contributed by atoms with Crippen molar-refractivity contribution in [2.24, 2.45) is 11.5 Å². The van der Waals surface area contributed by atoms with E-state index in [1.165, 1.54) is 10.4 Å². The second-order valence-corrected chi connectivity index (χ2v) is 9.75. The molecule has 0 atom stereocenters. The number of hydrogen-bond acceptors (Lipinski definition) is 6. The van der Waals surface area contributed by atoms with E-state index < -0.39 is 15.9 Å². The SMILES string of the molecule is CS(=O)(=O)N(C/C=C/c1cccc(C(=N)N)c1)c1ccc(OC2CCNCC2)c(C(N)=O)c1. The molecule has 6 N–H and O–H groups in total. The number of hydrogen-bond donors (Lipinski definition) is 4. The quantitative estimate of drug-likeness (QED) is 0.323. The minimum atomic E-state index is -3.65. The molecule has 2 aromatic rings. The van der Waals surface area contributed by atoms with Gasteiger partial charge in [0.05, 0.1) is 24.1 Å². The number of nitrogens with zero attached hydrogens (tertiary/aromatic N) is 1. The van der Waals surface area contributed by atoms with Gasteiger partial charge in [0.25, 0.3) is 5.91 Å². The molecule has 176 valence electrons. The van der Waals surface area contributed by atoms with Gasteiger partial charge in [-0.05, 0) is 55.8 Å². The van der Waals surface area contributed by atoms with E-state index in [0.29, 0.717) is 17.0 Å². The summed E-state index contributed by atoms with van der Waals surface area (Å²) in [6, 6.07) is 11.7. The first-order chi connectivity index (χ1) is 15.6. The van der Waals surface area contributed by atoms with Crippen LogP contribution in [0.5, 0.6) is 5.75 Å². The number of sulfonamides is 1. The first-order valence-electron chi connectivity index (χ1n) is 10.5. The summed E-state index contributed by atoms with van der Waals surface area (Å²) < 4.78 is 32.2. The fourth-order valence-corrected chi connectivity index (χ4v) is 4.44. The maximum Gasteiger partial charge on any atom is 0.252 e. The molecule has 1 heterocycles. The van der Waals surface area contributed by atoms with Gasteiger partial charge < -0.3 is 21.5 Å². The maximum absolute atomic E-state index is 12.5. The predicted molar refractivity (Wildman–Crippen MR) is 130 cm³/mol. The average molecular weight is 472 g/mol. The Hall–Kier alpha value is -3.37. The van der Waals surface area contributed by atoms with E-state index in [1.807, 2.05) is 6.07 Å². The molecule has 1 fully saturated rings. The van der Waals surface area contributed by atoms with Crippen LogP contribution in [0.4, 0.5) is 5.69 Å². The summed E-state index contributed by atoms with van der Waals surface area (Å²) in [5.74, 6) is -0.386. The minimum absolute atomic E-state index is 0.0325. The fraction of sp³-hybridized carbons (Fsp3) is 0.304. The Morgan fingerprint density at radius 3 is 2.58 bits per heavy atom. The average Bonchev–Trinajstić information content (AvgIpc) is 2.77. The second-order valence-electron chi connectivity index (χ2n) is 7.85. The lowest BCUT2D eigenvalue weighted by molar-refractivity contribution is 0.0989. The lowest BCUT2D eigenvalue weighted by Crippen LogP contribution is -2.34. The van der Waals surface area contributed by atoms with Crippen molar-refractivity contribution in [1.29, 1.82) is 5.41 Å². The van der Waals surface area contributed by atoms with Gasteiger partial charge in [0.1, 0.15) is 17.7 Å². The molecule has 0 saturated carbocycles. The number of carbonyl (C=O) groups is 1. The zero-order valence-corrected chi connectivity index (χ0v) is 19.3. The summed E-state index contributed by atoms with van der Waals surface area (Å²) in [6.07, 6.45) is 6.11. The van der Waals surface area contributed by atoms with Crippen LogP contribution in [-0.2, 0) is 10.0 Å². The number of rotatable bonds is 9. The first-order valence-corrected chi connectivity index (χ1v) is 12.4. The van der Waals surface area contributed by atoms with Gasteiger partial charge >= 0.3 is 0 Å². The largest absolute Gasteiger partial charge is 0.489 e. The summed E-state index contributed by atoms with van der Waals surface area (Å²) in [7, 11) is -3.65. The van der Waals surface area contributed by atoms with Crippen LogP contribution in [0.15, 0.2) is 48.5 Å². The Balaban J connectivity index is 1.84. The van der Waals surface area contributed by atoms with Crippen molar-refractivity contribution in [2.45, 2.75) is 18.9 Å². The van der Waals surface area contributed by atoms with Gasteiger partial charge in [0.15, 0.2) is 0 Å². The van der Waals surface area contributed by atoms with Crippen LogP contribution < -0.4 is 25.8 Å². The number of nitrogen functional groups attached to an aromatic ring is 1. The lowest BCUT2D eigenvalue weighted by atomic mass is 10.1. The molecule has 0 aromatic heterocycles. The molecule has 0 spiro atoms. The summed E-state index contributed by atoms with van der Waals surface area (Å²) in [5.41, 5.74) is 12.9. The van der Waals surface area contributed by atoms with Gasteiger partial charge in [-0.25, -0.2) is 8.42 Å². The van der Waals surface area contributed by atoms with Crippen LogP contribution in [-0.4, -0.2) is 52.2 Å². The molecule has 1 saturated heterocycles. The van der Waals surface area contributed by atoms with E-state index in [-0.39, 0.29) is 24.0 Å². The number of carbonyl (C=O) groups excluding carboxylic acids is 1. The first kappa shape index (κ1) is 24.3. The summed E-state index contributed by atoms with van der Waals surface area (Å²) >= 11 is 0. The molecule has 0 radical (unpaired) electrons. The number of ether oxygens (including phenoxy) is 1. The van der Waals surface area contributed by atoms with Crippen LogP contribution in [0.3, 0.4) is 0 Å². The zero-order valence-electron chi connectivity index (χ0n) is 18.5. The highest BCUT2D eigenvalue weighted by Gasteiger charge is 2.22. The number of amides is 1. The maximum atomic E-state index is 12.5. The van der Waals surface area contributed by atoms with E-state index in [2.05, 4.69) is 5.32 Å². The number of nitrogens with two attached hydrogens (primary N) is 2. The Morgan fingerprint density at radius 1 is 1.21 bits per heavy atom. The smallest absolute Gasteiger partial charge is 0.252 e. The number of nitrogens with one attached hydrogen (secondary N) is 2. The number of benzene rings is 2. The molecule has 0 bridgehead atoms. The molecule has 33 heavy (non-hydrogen) atoms. The molecule has 1 amide bonds. The molecule has 9 nitrogen and oxygen atoms in total. The molecule has 10 heteroatoms. The third-order valence-corrected chi connectivity index (χ3v) is 6.44. The summed E-state index contributed by atoms with van der Waals surface area (Å²) in [4.78, 5) is 12.1. The van der Waals surface area contributed by atoms with Gasteiger partial charge in [-0.15, -0.1) is 0 Å². The van der Waals surface area contributed by atoms with Crippen molar-refractivity contribution in [3.63, 3.8) is 0 Å². The third-order valence-electron chi connectivity index (χ3n) is 5.28. The van der Waals surface area contributed by atoms with Gasteiger partial charge in [-0.3, -0.25) is 14.5 Å². The van der Waals surface area contributed by atoms with Crippen molar-refractivity contribution < 1.29 is 17.9 Å². The Morgan fingerprint density at radius 2 is 1.94 bits per heavy atom. The molecule has 0 unspecified atom stereocenters. The molecule has 0 aliphatic carbocycles. The number of amidine groups is 1. The molecular weight excluding hydrogens is 442 g/mol. The topological polar surface area (TPSA) is 152 Å². The highest BCUT2D eigenvalue weighted by molar-refractivity contribution is 7.92. The minimum Gasteiger partial charge on any atom is -0.489 e. The lowest BCUT2D eigenvalue weighted by Gasteiger charge is -2.26. The van der Waals surface area contributed by atoms with Gasteiger partial charge in [0.2, 0.25) is 10.0 Å². The van der Waals surface area contributed by atoms with Crippen molar-refractivity contribution in [1.82, 2.24) is 5.32 Å². The van der Waals surface area contributed by atoms with Gasteiger partial charge in [-0.1, -0.05) is 30.4 Å². The highest BCUT2D eigenvalue weighted by Crippen LogP contribution is 2.28. The van der Waals surface area contributed by atoms with Crippen molar-refractivity contribution in [3.05, 3.63) is 65.2 Å². The fourth-order valence-electron chi connectivity index (χ4n) is 3.59. The molecule has 1 aliphatic heterocycles. The van der Waals surface area contributed by atoms with E-state index in [1.54, 1.807) is 42.5 Å². The number of primary amides is 1. The Bertz CT molecular complexity index is 1160. The Labute approximate surface area is 194 Å². The zero-order chi connectivity index (χ0) is 24.0. The van der Waals surface area contributed by atoms with E-state index in [4.69, 9.17) is 21.6 Å². The van der Waals surface area contributed by atoms with Crippen molar-refractivity contribution >= 4 is 33.5 Å². The van der Waals surface area contributed by atoms with E-state index >= 15 is 0 Å². The summed E-state index contributed by atoms with van der Waals surface area (Å²) in [6.45, 7) is 1.70. The van der Waals surface area contributed by atoms with Crippen LogP contribution in [0, 0.1) is 5.41 Å². The van der Waals surface area contributed by atoms with Gasteiger partial charge in [0, 0.05) is 5.56 Å². The van der Waals surface area contributed by atoms with E-state index in [0.717, 1.165) is 37.8 Å². The molecule has 2 aromatic carbocycles. The third kappa shape index (κ3) is 6.56. The second kappa shape index (κ2) is 10.5. The number of piperidine rings is 1. The van der Waals surface area contributed by atoms with Crippen molar-refractivity contribution in [2.75, 3.05) is 30.2 Å².